The Bertz CT molecular complexity index is 907. The lowest BCUT2D eigenvalue weighted by atomic mass is 10.1. The van der Waals surface area contributed by atoms with Crippen LogP contribution in [-0.4, -0.2) is 20.9 Å². The highest BCUT2D eigenvalue weighted by molar-refractivity contribution is 6.33. The third kappa shape index (κ3) is 4.34. The van der Waals surface area contributed by atoms with Crippen LogP contribution in [0.15, 0.2) is 48.9 Å². The van der Waals surface area contributed by atoms with Gasteiger partial charge in [0.1, 0.15) is 17.8 Å². The molecule has 0 unspecified atom stereocenters. The number of pyridine rings is 1. The minimum absolute atomic E-state index is 0.263. The molecule has 3 aromatic rings. The van der Waals surface area contributed by atoms with Gasteiger partial charge < -0.3 is 10.6 Å². The first-order chi connectivity index (χ1) is 12.5. The minimum Gasteiger partial charge on any atom is -0.345 e. The summed E-state index contributed by atoms with van der Waals surface area (Å²) in [4.78, 5) is 24.7. The standard InChI is InChI=1S/C19H18ClN5O/c1-12-7-13(2)18(15(20)8-12)25-17-9-16(23-11-24-17)19(26)22-10-14-5-3-4-6-21-14/h3-9,11H,10H2,1-2H3,(H,22,26)(H,23,24,25). The zero-order valence-electron chi connectivity index (χ0n) is 14.5. The molecule has 1 amide bonds. The molecule has 2 aromatic heterocycles. The Labute approximate surface area is 156 Å². The van der Waals surface area contributed by atoms with E-state index in [1.54, 1.807) is 12.3 Å². The first-order valence-electron chi connectivity index (χ1n) is 8.07. The minimum atomic E-state index is -0.298. The van der Waals surface area contributed by atoms with Gasteiger partial charge in [-0.2, -0.15) is 0 Å². The second kappa shape index (κ2) is 7.93. The smallest absolute Gasteiger partial charge is 0.270 e. The molecule has 0 bridgehead atoms. The highest BCUT2D eigenvalue weighted by atomic mass is 35.5. The van der Waals surface area contributed by atoms with E-state index in [4.69, 9.17) is 11.6 Å². The maximum atomic E-state index is 12.3. The largest absolute Gasteiger partial charge is 0.345 e. The van der Waals surface area contributed by atoms with Gasteiger partial charge in [-0.1, -0.05) is 23.7 Å². The molecule has 0 spiro atoms. The summed E-state index contributed by atoms with van der Waals surface area (Å²) in [5.74, 6) is 0.199. The number of amides is 1. The monoisotopic (exact) mass is 367 g/mol. The normalized spacial score (nSPS) is 10.4. The number of aryl methyl sites for hydroxylation is 2. The summed E-state index contributed by atoms with van der Waals surface area (Å²) in [7, 11) is 0. The second-order valence-electron chi connectivity index (χ2n) is 5.86. The SMILES string of the molecule is Cc1cc(C)c(Nc2cc(C(=O)NCc3ccccn3)ncn2)c(Cl)c1. The maximum absolute atomic E-state index is 12.3. The van der Waals surface area contributed by atoms with Crippen molar-refractivity contribution < 1.29 is 4.79 Å². The van der Waals surface area contributed by atoms with Gasteiger partial charge in [0.25, 0.3) is 5.91 Å². The number of benzene rings is 1. The Morgan fingerprint density at radius 3 is 2.69 bits per heavy atom. The molecule has 0 atom stereocenters. The number of halogens is 1. The molecule has 0 saturated heterocycles. The van der Waals surface area contributed by atoms with E-state index in [1.165, 1.54) is 6.33 Å². The van der Waals surface area contributed by atoms with Gasteiger partial charge in [-0.05, 0) is 43.2 Å². The van der Waals surface area contributed by atoms with E-state index in [2.05, 4.69) is 25.6 Å². The molecule has 7 heteroatoms. The van der Waals surface area contributed by atoms with Crippen LogP contribution in [0, 0.1) is 13.8 Å². The van der Waals surface area contributed by atoms with E-state index in [1.807, 2.05) is 44.2 Å². The Morgan fingerprint density at radius 2 is 1.96 bits per heavy atom. The van der Waals surface area contributed by atoms with Crippen LogP contribution in [0.4, 0.5) is 11.5 Å². The van der Waals surface area contributed by atoms with Crippen molar-refractivity contribution in [3.05, 3.63) is 76.5 Å². The van der Waals surface area contributed by atoms with Crippen LogP contribution in [0.5, 0.6) is 0 Å². The number of nitrogens with one attached hydrogen (secondary N) is 2. The fourth-order valence-corrected chi connectivity index (χ4v) is 2.88. The topological polar surface area (TPSA) is 79.8 Å². The zero-order valence-corrected chi connectivity index (χ0v) is 15.2. The maximum Gasteiger partial charge on any atom is 0.270 e. The van der Waals surface area contributed by atoms with Crippen molar-refractivity contribution in [3.63, 3.8) is 0 Å². The molecule has 2 heterocycles. The predicted molar refractivity (Wildman–Crippen MR) is 102 cm³/mol. The number of carbonyl (C=O) groups is 1. The van der Waals surface area contributed by atoms with Crippen LogP contribution in [-0.2, 0) is 6.54 Å². The highest BCUT2D eigenvalue weighted by Crippen LogP contribution is 2.29. The molecule has 0 fully saturated rings. The summed E-state index contributed by atoms with van der Waals surface area (Å²) in [6.07, 6.45) is 3.03. The highest BCUT2D eigenvalue weighted by Gasteiger charge is 2.11. The lowest BCUT2D eigenvalue weighted by molar-refractivity contribution is 0.0945. The van der Waals surface area contributed by atoms with Crippen molar-refractivity contribution >= 4 is 29.0 Å². The molecule has 0 saturated carbocycles. The van der Waals surface area contributed by atoms with E-state index >= 15 is 0 Å². The van der Waals surface area contributed by atoms with Crippen LogP contribution in [0.3, 0.4) is 0 Å². The summed E-state index contributed by atoms with van der Waals surface area (Å²) in [6, 6.07) is 11.0. The predicted octanol–water partition coefficient (Wildman–Crippen LogP) is 3.82. The molecule has 0 aliphatic carbocycles. The average molecular weight is 368 g/mol. The van der Waals surface area contributed by atoms with E-state index in [9.17, 15) is 4.79 Å². The Hall–Kier alpha value is -2.99. The van der Waals surface area contributed by atoms with Crippen molar-refractivity contribution in [2.75, 3.05) is 5.32 Å². The number of carbonyl (C=O) groups excluding carboxylic acids is 1. The van der Waals surface area contributed by atoms with Crippen LogP contribution in [0.25, 0.3) is 0 Å². The fourth-order valence-electron chi connectivity index (χ4n) is 2.52. The van der Waals surface area contributed by atoms with Crippen molar-refractivity contribution in [1.29, 1.82) is 0 Å². The summed E-state index contributed by atoms with van der Waals surface area (Å²) in [6.45, 7) is 4.27. The lowest BCUT2D eigenvalue weighted by Gasteiger charge is -2.12. The molecule has 0 aliphatic rings. The zero-order chi connectivity index (χ0) is 18.5. The Balaban J connectivity index is 1.73. The number of anilines is 2. The molecule has 0 aliphatic heterocycles. The van der Waals surface area contributed by atoms with Crippen molar-refractivity contribution in [3.8, 4) is 0 Å². The van der Waals surface area contributed by atoms with Gasteiger partial charge in [0.15, 0.2) is 0 Å². The first-order valence-corrected chi connectivity index (χ1v) is 8.44. The van der Waals surface area contributed by atoms with Gasteiger partial charge in [0, 0.05) is 12.3 Å². The molecular weight excluding hydrogens is 350 g/mol. The molecular formula is C19H18ClN5O. The summed E-state index contributed by atoms with van der Waals surface area (Å²) >= 11 is 6.31. The molecule has 2 N–H and O–H groups in total. The Morgan fingerprint density at radius 1 is 1.12 bits per heavy atom. The molecule has 1 aromatic carbocycles. The number of aromatic nitrogens is 3. The molecule has 132 valence electrons. The van der Waals surface area contributed by atoms with Gasteiger partial charge in [0.05, 0.1) is 22.9 Å². The van der Waals surface area contributed by atoms with E-state index < -0.39 is 0 Å². The summed E-state index contributed by atoms with van der Waals surface area (Å²) in [5.41, 5.74) is 3.87. The van der Waals surface area contributed by atoms with Gasteiger partial charge in [0.2, 0.25) is 0 Å². The summed E-state index contributed by atoms with van der Waals surface area (Å²) in [5, 5.41) is 6.55. The van der Waals surface area contributed by atoms with Gasteiger partial charge in [-0.15, -0.1) is 0 Å². The average Bonchev–Trinajstić information content (AvgIpc) is 2.64. The van der Waals surface area contributed by atoms with Gasteiger partial charge in [-0.25, -0.2) is 9.97 Å². The third-order valence-corrected chi connectivity index (χ3v) is 4.04. The quantitative estimate of drug-likeness (QED) is 0.716. The van der Waals surface area contributed by atoms with Crippen LogP contribution < -0.4 is 10.6 Å². The molecule has 3 rings (SSSR count). The van der Waals surface area contributed by atoms with Gasteiger partial charge >= 0.3 is 0 Å². The van der Waals surface area contributed by atoms with E-state index in [-0.39, 0.29) is 11.6 Å². The van der Waals surface area contributed by atoms with Crippen molar-refractivity contribution in [2.24, 2.45) is 0 Å². The molecule has 26 heavy (non-hydrogen) atoms. The van der Waals surface area contributed by atoms with Crippen LogP contribution >= 0.6 is 11.6 Å². The van der Waals surface area contributed by atoms with E-state index in [0.29, 0.717) is 17.4 Å². The number of hydrogen-bond donors (Lipinski definition) is 2. The van der Waals surface area contributed by atoms with Crippen molar-refractivity contribution in [2.45, 2.75) is 20.4 Å². The molecule has 0 radical (unpaired) electrons. The Kier molecular flexibility index (Phi) is 5.43. The lowest BCUT2D eigenvalue weighted by Crippen LogP contribution is -2.24. The fraction of sp³-hybridized carbons (Fsp3) is 0.158. The summed E-state index contributed by atoms with van der Waals surface area (Å²) < 4.78 is 0. The van der Waals surface area contributed by atoms with Crippen molar-refractivity contribution in [1.82, 2.24) is 20.3 Å². The van der Waals surface area contributed by atoms with Gasteiger partial charge in [-0.3, -0.25) is 9.78 Å². The molecule has 6 nitrogen and oxygen atoms in total. The number of rotatable bonds is 5. The number of nitrogens with zero attached hydrogens (tertiary/aromatic N) is 3. The van der Waals surface area contributed by atoms with Crippen LogP contribution in [0.2, 0.25) is 5.02 Å². The first kappa shape index (κ1) is 17.8. The second-order valence-corrected chi connectivity index (χ2v) is 6.26. The van der Waals surface area contributed by atoms with E-state index in [0.717, 1.165) is 22.5 Å². The van der Waals surface area contributed by atoms with Crippen LogP contribution in [0.1, 0.15) is 27.3 Å². The number of hydrogen-bond acceptors (Lipinski definition) is 5. The third-order valence-electron chi connectivity index (χ3n) is 3.74.